The number of nitrogens with one attached hydrogen (secondary N) is 1. The van der Waals surface area contributed by atoms with Gasteiger partial charge in [-0.2, -0.15) is 5.10 Å². The lowest BCUT2D eigenvalue weighted by atomic mass is 10.1. The maximum Gasteiger partial charge on any atom is 0.225 e. The molecule has 0 spiro atoms. The molecule has 1 unspecified atom stereocenters. The predicted molar refractivity (Wildman–Crippen MR) is 98.6 cm³/mol. The highest BCUT2D eigenvalue weighted by Gasteiger charge is 2.29. The Labute approximate surface area is 153 Å². The van der Waals surface area contributed by atoms with E-state index in [0.29, 0.717) is 13.1 Å². The van der Waals surface area contributed by atoms with Crippen molar-refractivity contribution in [3.63, 3.8) is 0 Å². The van der Waals surface area contributed by atoms with Gasteiger partial charge >= 0.3 is 0 Å². The van der Waals surface area contributed by atoms with Gasteiger partial charge < -0.3 is 10.2 Å². The molecule has 1 N–H and O–H groups in total. The predicted octanol–water partition coefficient (Wildman–Crippen LogP) is 2.83. The molecule has 1 aromatic carbocycles. The van der Waals surface area contributed by atoms with Crippen molar-refractivity contribution < 1.29 is 4.79 Å². The van der Waals surface area contributed by atoms with Crippen molar-refractivity contribution in [3.05, 3.63) is 41.4 Å². The number of benzene rings is 1. The first kappa shape index (κ1) is 17.7. The van der Waals surface area contributed by atoms with E-state index in [-0.39, 0.29) is 17.4 Å². The molecule has 0 bridgehead atoms. The summed E-state index contributed by atoms with van der Waals surface area (Å²) in [7, 11) is 0. The van der Waals surface area contributed by atoms with Crippen LogP contribution in [0.2, 0.25) is 5.02 Å². The van der Waals surface area contributed by atoms with E-state index in [1.165, 1.54) is 6.33 Å². The summed E-state index contributed by atoms with van der Waals surface area (Å²) >= 11 is 6.26. The Bertz CT molecular complexity index is 752. The average molecular weight is 362 g/mol. The molecular weight excluding hydrogens is 338 g/mol. The third-order valence-corrected chi connectivity index (χ3v) is 4.75. The summed E-state index contributed by atoms with van der Waals surface area (Å²) in [6, 6.07) is 7.75. The number of hydrogen-bond acceptors (Lipinski definition) is 4. The number of rotatable bonds is 4. The van der Waals surface area contributed by atoms with Gasteiger partial charge in [0.25, 0.3) is 0 Å². The Kier molecular flexibility index (Phi) is 4.99. The third-order valence-electron chi connectivity index (χ3n) is 4.43. The van der Waals surface area contributed by atoms with Gasteiger partial charge in [0, 0.05) is 13.1 Å². The number of carbonyl (C=O) groups is 1. The maximum absolute atomic E-state index is 12.5. The largest absolute Gasteiger partial charge is 0.370 e. The van der Waals surface area contributed by atoms with E-state index in [4.69, 9.17) is 11.6 Å². The minimum Gasteiger partial charge on any atom is -0.370 e. The summed E-state index contributed by atoms with van der Waals surface area (Å²) in [6.45, 7) is 8.09. The zero-order valence-electron chi connectivity index (χ0n) is 14.9. The van der Waals surface area contributed by atoms with Gasteiger partial charge in [-0.1, -0.05) is 23.7 Å². The van der Waals surface area contributed by atoms with E-state index < -0.39 is 0 Å². The fourth-order valence-electron chi connectivity index (χ4n) is 3.16. The molecule has 25 heavy (non-hydrogen) atoms. The molecule has 6 nitrogen and oxygen atoms in total. The summed E-state index contributed by atoms with van der Waals surface area (Å²) in [5.41, 5.74) is 0.831. The van der Waals surface area contributed by atoms with Crippen molar-refractivity contribution in [1.82, 2.24) is 20.1 Å². The Morgan fingerprint density at radius 1 is 1.36 bits per heavy atom. The maximum atomic E-state index is 12.5. The standard InChI is InChI=1S/C18H24ClN5O/c1-18(2,3)24-16(21-12-22-24)10-20-17(25)13-8-9-23(11-13)15-7-5-4-6-14(15)19/h4-7,12-13H,8-11H2,1-3H3,(H,20,25). The normalized spacial score (nSPS) is 17.8. The fourth-order valence-corrected chi connectivity index (χ4v) is 3.41. The summed E-state index contributed by atoms with van der Waals surface area (Å²) < 4.78 is 1.85. The number of para-hydroxylation sites is 1. The second-order valence-electron chi connectivity index (χ2n) is 7.36. The van der Waals surface area contributed by atoms with Crippen LogP contribution in [0.3, 0.4) is 0 Å². The van der Waals surface area contributed by atoms with Gasteiger partial charge in [-0.05, 0) is 39.3 Å². The number of halogens is 1. The lowest BCUT2D eigenvalue weighted by Crippen LogP contribution is -2.34. The molecule has 1 aliphatic heterocycles. The molecular formula is C18H24ClN5O. The van der Waals surface area contributed by atoms with Crippen LogP contribution in [0.15, 0.2) is 30.6 Å². The third kappa shape index (κ3) is 3.95. The Hall–Kier alpha value is -2.08. The first-order chi connectivity index (χ1) is 11.9. The molecule has 1 aliphatic rings. The van der Waals surface area contributed by atoms with Crippen molar-refractivity contribution in [3.8, 4) is 0 Å². The minimum atomic E-state index is -0.162. The van der Waals surface area contributed by atoms with Gasteiger partial charge in [0.05, 0.1) is 28.7 Å². The van der Waals surface area contributed by atoms with Crippen LogP contribution in [-0.4, -0.2) is 33.8 Å². The van der Waals surface area contributed by atoms with Gasteiger partial charge in [0.2, 0.25) is 5.91 Å². The average Bonchev–Trinajstić information content (AvgIpc) is 3.22. The molecule has 2 aromatic rings. The van der Waals surface area contributed by atoms with Crippen LogP contribution in [-0.2, 0) is 16.9 Å². The number of amides is 1. The van der Waals surface area contributed by atoms with Gasteiger partial charge in [-0.15, -0.1) is 0 Å². The van der Waals surface area contributed by atoms with Gasteiger partial charge in [-0.3, -0.25) is 4.79 Å². The van der Waals surface area contributed by atoms with E-state index >= 15 is 0 Å². The first-order valence-corrected chi connectivity index (χ1v) is 8.90. The second kappa shape index (κ2) is 7.04. The lowest BCUT2D eigenvalue weighted by molar-refractivity contribution is -0.124. The van der Waals surface area contributed by atoms with Crippen molar-refractivity contribution in [1.29, 1.82) is 0 Å². The molecule has 1 aromatic heterocycles. The van der Waals surface area contributed by atoms with E-state index in [1.54, 1.807) is 0 Å². The first-order valence-electron chi connectivity index (χ1n) is 8.53. The summed E-state index contributed by atoms with van der Waals surface area (Å²) in [5.74, 6) is 0.780. The number of aromatic nitrogens is 3. The minimum absolute atomic E-state index is 0.0396. The highest BCUT2D eigenvalue weighted by molar-refractivity contribution is 6.33. The van der Waals surface area contributed by atoms with Crippen molar-refractivity contribution in [2.75, 3.05) is 18.0 Å². The highest BCUT2D eigenvalue weighted by atomic mass is 35.5. The zero-order chi connectivity index (χ0) is 18.0. The van der Waals surface area contributed by atoms with Crippen LogP contribution < -0.4 is 10.2 Å². The molecule has 0 aliphatic carbocycles. The molecule has 0 saturated carbocycles. The Morgan fingerprint density at radius 2 is 2.12 bits per heavy atom. The monoisotopic (exact) mass is 361 g/mol. The quantitative estimate of drug-likeness (QED) is 0.909. The van der Waals surface area contributed by atoms with E-state index in [9.17, 15) is 4.79 Å². The number of carbonyl (C=O) groups excluding carboxylic acids is 1. The van der Waals surface area contributed by atoms with E-state index in [0.717, 1.165) is 29.5 Å². The molecule has 7 heteroatoms. The number of nitrogens with zero attached hydrogens (tertiary/aromatic N) is 4. The van der Waals surface area contributed by atoms with Crippen molar-refractivity contribution in [2.24, 2.45) is 5.92 Å². The SMILES string of the molecule is CC(C)(C)n1ncnc1CNC(=O)C1CCN(c2ccccc2Cl)C1. The van der Waals surface area contributed by atoms with E-state index in [1.807, 2.05) is 28.9 Å². The van der Waals surface area contributed by atoms with Gasteiger partial charge in [-0.25, -0.2) is 9.67 Å². The molecule has 1 saturated heterocycles. The zero-order valence-corrected chi connectivity index (χ0v) is 15.6. The summed E-state index contributed by atoms with van der Waals surface area (Å²) in [4.78, 5) is 19.0. The van der Waals surface area contributed by atoms with Crippen LogP contribution in [0.1, 0.15) is 33.0 Å². The van der Waals surface area contributed by atoms with Crippen LogP contribution in [0, 0.1) is 5.92 Å². The Morgan fingerprint density at radius 3 is 2.84 bits per heavy atom. The van der Waals surface area contributed by atoms with E-state index in [2.05, 4.69) is 41.1 Å². The second-order valence-corrected chi connectivity index (χ2v) is 7.77. The molecule has 2 heterocycles. The van der Waals surface area contributed by atoms with Crippen molar-refractivity contribution >= 4 is 23.2 Å². The topological polar surface area (TPSA) is 63.1 Å². The highest BCUT2D eigenvalue weighted by Crippen LogP contribution is 2.30. The summed E-state index contributed by atoms with van der Waals surface area (Å²) in [5, 5.41) is 7.98. The smallest absolute Gasteiger partial charge is 0.225 e. The van der Waals surface area contributed by atoms with Crippen LogP contribution in [0.5, 0.6) is 0 Å². The molecule has 134 valence electrons. The molecule has 0 radical (unpaired) electrons. The van der Waals surface area contributed by atoms with Crippen LogP contribution in [0.4, 0.5) is 5.69 Å². The molecule has 3 rings (SSSR count). The van der Waals surface area contributed by atoms with Crippen LogP contribution >= 0.6 is 11.6 Å². The Balaban J connectivity index is 1.59. The van der Waals surface area contributed by atoms with Gasteiger partial charge in [0.15, 0.2) is 0 Å². The lowest BCUT2D eigenvalue weighted by Gasteiger charge is -2.22. The summed E-state index contributed by atoms with van der Waals surface area (Å²) in [6.07, 6.45) is 2.35. The van der Waals surface area contributed by atoms with Gasteiger partial charge in [0.1, 0.15) is 12.2 Å². The fraction of sp³-hybridized carbons (Fsp3) is 0.500. The molecule has 1 atom stereocenters. The van der Waals surface area contributed by atoms with Crippen molar-refractivity contribution in [2.45, 2.75) is 39.3 Å². The molecule has 1 fully saturated rings. The number of anilines is 1. The molecule has 1 amide bonds. The number of hydrogen-bond donors (Lipinski definition) is 1. The van der Waals surface area contributed by atoms with Crippen LogP contribution in [0.25, 0.3) is 0 Å².